The number of hydrogen-bond donors (Lipinski definition) is 4. The van der Waals surface area contributed by atoms with E-state index in [0.717, 1.165) is 5.56 Å². The van der Waals surface area contributed by atoms with Crippen LogP contribution in [0.2, 0.25) is 0 Å². The van der Waals surface area contributed by atoms with Crippen molar-refractivity contribution in [2.75, 3.05) is 16.0 Å². The number of nitrogens with one attached hydrogen (secondary N) is 4. The molecule has 9 nitrogen and oxygen atoms in total. The number of halogens is 4. The van der Waals surface area contributed by atoms with Crippen LogP contribution in [0, 0.1) is 5.82 Å². The SMILES string of the molecule is O=C(CCc1cccnc1)Nc1nc2ccc(Oc3ccc(NC(=O)Nc4cc(C(F)(F)F)ccc4F)cc3)cc2[nH]1. The fourth-order valence-corrected chi connectivity index (χ4v) is 3.93. The van der Waals surface area contributed by atoms with Gasteiger partial charge in [-0.1, -0.05) is 6.07 Å². The fraction of sp³-hybridized carbons (Fsp3) is 0.103. The third-order valence-electron chi connectivity index (χ3n) is 5.96. The molecular formula is C29H22F4N6O3. The summed E-state index contributed by atoms with van der Waals surface area (Å²) in [5.41, 5.74) is 0.798. The molecule has 3 amide bonds. The maximum Gasteiger partial charge on any atom is 0.416 e. The third kappa shape index (κ3) is 7.18. The first-order valence-electron chi connectivity index (χ1n) is 12.5. The summed E-state index contributed by atoms with van der Waals surface area (Å²) in [6, 6.07) is 15.8. The number of fused-ring (bicyclic) bond motifs is 1. The van der Waals surface area contributed by atoms with Gasteiger partial charge < -0.3 is 20.4 Å². The van der Waals surface area contributed by atoms with Gasteiger partial charge in [-0.2, -0.15) is 13.2 Å². The first-order valence-corrected chi connectivity index (χ1v) is 12.5. The summed E-state index contributed by atoms with van der Waals surface area (Å²) in [5, 5.41) is 7.24. The summed E-state index contributed by atoms with van der Waals surface area (Å²) in [7, 11) is 0. The summed E-state index contributed by atoms with van der Waals surface area (Å²) >= 11 is 0. The Kier molecular flexibility index (Phi) is 8.00. The lowest BCUT2D eigenvalue weighted by molar-refractivity contribution is -0.137. The Bertz CT molecular complexity index is 1720. The van der Waals surface area contributed by atoms with Gasteiger partial charge in [0.2, 0.25) is 11.9 Å². The van der Waals surface area contributed by atoms with E-state index >= 15 is 0 Å². The van der Waals surface area contributed by atoms with Crippen LogP contribution in [0.3, 0.4) is 0 Å². The normalized spacial score (nSPS) is 11.2. The second-order valence-electron chi connectivity index (χ2n) is 9.07. The highest BCUT2D eigenvalue weighted by atomic mass is 19.4. The minimum atomic E-state index is -4.68. The van der Waals surface area contributed by atoms with Gasteiger partial charge in [-0.25, -0.2) is 14.2 Å². The van der Waals surface area contributed by atoms with E-state index in [1.54, 1.807) is 42.7 Å². The van der Waals surface area contributed by atoms with Gasteiger partial charge in [-0.3, -0.25) is 15.1 Å². The number of alkyl halides is 3. The van der Waals surface area contributed by atoms with Crippen molar-refractivity contribution in [3.8, 4) is 11.5 Å². The lowest BCUT2D eigenvalue weighted by Gasteiger charge is -2.12. The van der Waals surface area contributed by atoms with Crippen molar-refractivity contribution in [2.24, 2.45) is 0 Å². The topological polar surface area (TPSA) is 121 Å². The van der Waals surface area contributed by atoms with Crippen LogP contribution in [0.1, 0.15) is 17.5 Å². The molecule has 0 saturated heterocycles. The number of amides is 3. The molecule has 0 atom stereocenters. The van der Waals surface area contributed by atoms with E-state index in [4.69, 9.17) is 4.74 Å². The zero-order valence-corrected chi connectivity index (χ0v) is 21.6. The first-order chi connectivity index (χ1) is 20.1. The van der Waals surface area contributed by atoms with Crippen LogP contribution in [-0.2, 0) is 17.4 Å². The second kappa shape index (κ2) is 12.0. The number of carbonyl (C=O) groups is 2. The van der Waals surface area contributed by atoms with Crippen molar-refractivity contribution in [2.45, 2.75) is 19.0 Å². The molecule has 2 heterocycles. The number of rotatable bonds is 8. The molecule has 0 unspecified atom stereocenters. The highest BCUT2D eigenvalue weighted by molar-refractivity contribution is 6.00. The molecule has 0 aliphatic heterocycles. The average molecular weight is 579 g/mol. The molecule has 5 aromatic rings. The molecule has 13 heteroatoms. The fourth-order valence-electron chi connectivity index (χ4n) is 3.93. The third-order valence-corrected chi connectivity index (χ3v) is 5.96. The number of carbonyl (C=O) groups excluding carboxylic acids is 2. The Morgan fingerprint density at radius 3 is 2.43 bits per heavy atom. The van der Waals surface area contributed by atoms with Gasteiger partial charge in [0, 0.05) is 30.6 Å². The largest absolute Gasteiger partial charge is 0.457 e. The van der Waals surface area contributed by atoms with Crippen molar-refractivity contribution < 1.29 is 31.9 Å². The van der Waals surface area contributed by atoms with E-state index in [2.05, 4.69) is 30.9 Å². The summed E-state index contributed by atoms with van der Waals surface area (Å²) in [5.74, 6) is -0.00741. The van der Waals surface area contributed by atoms with Gasteiger partial charge >= 0.3 is 12.2 Å². The molecule has 214 valence electrons. The number of ether oxygens (including phenoxy) is 1. The molecule has 5 rings (SSSR count). The number of H-pyrrole nitrogens is 1. The van der Waals surface area contributed by atoms with Crippen LogP contribution in [0.4, 0.5) is 39.7 Å². The second-order valence-corrected chi connectivity index (χ2v) is 9.07. The predicted octanol–water partition coefficient (Wildman–Crippen LogP) is 7.12. The highest BCUT2D eigenvalue weighted by Crippen LogP contribution is 2.32. The molecular weight excluding hydrogens is 556 g/mol. The number of imidazole rings is 1. The summed E-state index contributed by atoms with van der Waals surface area (Å²) in [4.78, 5) is 36.0. The monoisotopic (exact) mass is 578 g/mol. The van der Waals surface area contributed by atoms with Gasteiger partial charge in [-0.15, -0.1) is 0 Å². The molecule has 2 aromatic heterocycles. The van der Waals surface area contributed by atoms with Crippen LogP contribution >= 0.6 is 0 Å². The van der Waals surface area contributed by atoms with E-state index in [-0.39, 0.29) is 12.3 Å². The molecule has 0 saturated carbocycles. The van der Waals surface area contributed by atoms with Gasteiger partial charge in [0.05, 0.1) is 22.3 Å². The number of pyridine rings is 1. The van der Waals surface area contributed by atoms with Crippen molar-refractivity contribution in [1.29, 1.82) is 0 Å². The van der Waals surface area contributed by atoms with Crippen LogP contribution in [-0.4, -0.2) is 26.9 Å². The number of urea groups is 1. The quantitative estimate of drug-likeness (QED) is 0.146. The number of aromatic nitrogens is 3. The zero-order valence-electron chi connectivity index (χ0n) is 21.6. The Morgan fingerprint density at radius 1 is 0.905 bits per heavy atom. The molecule has 0 bridgehead atoms. The van der Waals surface area contributed by atoms with Crippen LogP contribution < -0.4 is 20.7 Å². The molecule has 0 spiro atoms. The van der Waals surface area contributed by atoms with E-state index < -0.39 is 29.3 Å². The summed E-state index contributed by atoms with van der Waals surface area (Å²) < 4.78 is 58.4. The average Bonchev–Trinajstić information content (AvgIpc) is 3.35. The Hall–Kier alpha value is -5.46. The summed E-state index contributed by atoms with van der Waals surface area (Å²) in [6.07, 6.45) is -0.485. The summed E-state index contributed by atoms with van der Waals surface area (Å²) in [6.45, 7) is 0. The van der Waals surface area contributed by atoms with Crippen molar-refractivity contribution >= 4 is 40.3 Å². The number of hydrogen-bond acceptors (Lipinski definition) is 5. The van der Waals surface area contributed by atoms with Crippen LogP contribution in [0.25, 0.3) is 11.0 Å². The molecule has 4 N–H and O–H groups in total. The molecule has 0 aliphatic rings. The predicted molar refractivity (Wildman–Crippen MR) is 148 cm³/mol. The molecule has 0 fully saturated rings. The molecule has 3 aromatic carbocycles. The van der Waals surface area contributed by atoms with E-state index in [1.807, 2.05) is 12.1 Å². The van der Waals surface area contributed by atoms with Crippen molar-refractivity contribution in [3.05, 3.63) is 102 Å². The van der Waals surface area contributed by atoms with Crippen LogP contribution in [0.15, 0.2) is 85.2 Å². The van der Waals surface area contributed by atoms with E-state index in [1.165, 1.54) is 12.1 Å². The number of aromatic amines is 1. The maximum atomic E-state index is 13.9. The van der Waals surface area contributed by atoms with E-state index in [9.17, 15) is 27.2 Å². The Balaban J connectivity index is 1.16. The highest BCUT2D eigenvalue weighted by Gasteiger charge is 2.31. The Labute approximate surface area is 236 Å². The van der Waals surface area contributed by atoms with Crippen molar-refractivity contribution in [1.82, 2.24) is 15.0 Å². The van der Waals surface area contributed by atoms with Gasteiger partial charge in [0.25, 0.3) is 0 Å². The smallest absolute Gasteiger partial charge is 0.416 e. The van der Waals surface area contributed by atoms with E-state index in [0.29, 0.717) is 58.8 Å². The van der Waals surface area contributed by atoms with Gasteiger partial charge in [-0.05, 0) is 72.6 Å². The molecule has 0 radical (unpaired) electrons. The van der Waals surface area contributed by atoms with Crippen LogP contribution in [0.5, 0.6) is 11.5 Å². The lowest BCUT2D eigenvalue weighted by atomic mass is 10.1. The first kappa shape index (κ1) is 28.1. The number of nitrogens with zero attached hydrogens (tertiary/aromatic N) is 2. The minimum absolute atomic E-state index is 0.197. The zero-order chi connectivity index (χ0) is 29.7. The molecule has 0 aliphatic carbocycles. The minimum Gasteiger partial charge on any atom is -0.457 e. The van der Waals surface area contributed by atoms with Gasteiger partial charge in [0.1, 0.15) is 17.3 Å². The number of aryl methyl sites for hydroxylation is 1. The standard InChI is InChI=1S/C29H22F4N6O3/c30-22-10-4-18(29(31,32)33)14-24(22)38-28(41)35-19-5-7-20(8-6-19)42-21-9-11-23-25(15-21)37-27(36-23)39-26(40)12-3-17-2-1-13-34-16-17/h1-2,4-11,13-16H,3,12H2,(H2,35,38,41)(H2,36,37,39,40). The van der Waals surface area contributed by atoms with Crippen molar-refractivity contribution in [3.63, 3.8) is 0 Å². The Morgan fingerprint density at radius 2 is 1.69 bits per heavy atom. The molecule has 42 heavy (non-hydrogen) atoms. The van der Waals surface area contributed by atoms with Gasteiger partial charge in [0.15, 0.2) is 0 Å². The number of benzene rings is 3. The number of anilines is 3. The lowest BCUT2D eigenvalue weighted by Crippen LogP contribution is -2.20. The maximum absolute atomic E-state index is 13.9.